The molecule has 0 aliphatic carbocycles. The topological polar surface area (TPSA) is 149 Å². The third kappa shape index (κ3) is 31.3. The molecule has 7 atom stereocenters. The average Bonchev–Trinajstić information content (AvgIpc) is 3.25. The minimum atomic E-state index is -1.57. The van der Waals surface area contributed by atoms with Gasteiger partial charge in [0, 0.05) is 6.42 Å². The van der Waals surface area contributed by atoms with Crippen LogP contribution in [0.25, 0.3) is 0 Å². The highest BCUT2D eigenvalue weighted by Crippen LogP contribution is 2.23. The van der Waals surface area contributed by atoms with Crippen LogP contribution in [0.4, 0.5) is 0 Å². The van der Waals surface area contributed by atoms with Crippen LogP contribution in [-0.4, -0.2) is 87.5 Å². The lowest BCUT2D eigenvalue weighted by atomic mass is 9.99. The van der Waals surface area contributed by atoms with E-state index in [1.54, 1.807) is 6.08 Å². The number of carbonyl (C=O) groups excluding carboxylic acids is 1. The summed E-state index contributed by atoms with van der Waals surface area (Å²) in [5.41, 5.74) is 0. The number of allylic oxidation sites excluding steroid dienone is 5. The van der Waals surface area contributed by atoms with Crippen molar-refractivity contribution in [3.63, 3.8) is 0 Å². The number of amides is 1. The monoisotopic (exact) mass is 850 g/mol. The summed E-state index contributed by atoms with van der Waals surface area (Å²) in [6.45, 7) is 3.73. The van der Waals surface area contributed by atoms with E-state index in [4.69, 9.17) is 9.47 Å². The van der Waals surface area contributed by atoms with Crippen molar-refractivity contribution in [2.24, 2.45) is 0 Å². The SMILES string of the molecule is CCCCC/C=C/CC/C=C/CC/C=C/C(O)C(COC1OC(CO)C(O)C(O)C1O)NC(=O)CCCCCCCCCCCCCCCCCCCCCCCCCC. The van der Waals surface area contributed by atoms with E-state index < -0.39 is 49.5 Å². The predicted molar refractivity (Wildman–Crippen MR) is 249 cm³/mol. The number of aliphatic hydroxyl groups is 5. The molecule has 1 fully saturated rings. The first-order valence-electron chi connectivity index (χ1n) is 25.2. The summed E-state index contributed by atoms with van der Waals surface area (Å²) in [4.78, 5) is 13.0. The molecule has 1 aliphatic rings. The lowest BCUT2D eigenvalue weighted by Gasteiger charge is -2.40. The zero-order chi connectivity index (χ0) is 43.7. The average molecular weight is 850 g/mol. The van der Waals surface area contributed by atoms with E-state index in [1.807, 2.05) is 6.08 Å². The first-order valence-corrected chi connectivity index (χ1v) is 25.2. The van der Waals surface area contributed by atoms with Crippen molar-refractivity contribution in [2.75, 3.05) is 13.2 Å². The lowest BCUT2D eigenvalue weighted by Crippen LogP contribution is -2.60. The van der Waals surface area contributed by atoms with Crippen LogP contribution in [0.1, 0.15) is 226 Å². The van der Waals surface area contributed by atoms with Crippen molar-refractivity contribution in [1.82, 2.24) is 5.32 Å². The summed E-state index contributed by atoms with van der Waals surface area (Å²) in [7, 11) is 0. The molecule has 0 spiro atoms. The van der Waals surface area contributed by atoms with E-state index >= 15 is 0 Å². The second-order valence-electron chi connectivity index (χ2n) is 17.6. The molecule has 9 nitrogen and oxygen atoms in total. The highest BCUT2D eigenvalue weighted by Gasteiger charge is 2.44. The molecule has 0 radical (unpaired) electrons. The Bertz CT molecular complexity index is 1030. The second-order valence-corrected chi connectivity index (χ2v) is 17.6. The van der Waals surface area contributed by atoms with Crippen LogP contribution < -0.4 is 5.32 Å². The number of hydrogen-bond acceptors (Lipinski definition) is 8. The second kappa shape index (κ2) is 41.4. The van der Waals surface area contributed by atoms with Gasteiger partial charge in [-0.1, -0.05) is 211 Å². The molecule has 6 N–H and O–H groups in total. The van der Waals surface area contributed by atoms with Crippen LogP contribution in [-0.2, 0) is 14.3 Å². The number of hydrogen-bond donors (Lipinski definition) is 6. The number of ether oxygens (including phenoxy) is 2. The molecular formula is C51H95NO8. The summed E-state index contributed by atoms with van der Waals surface area (Å²) >= 11 is 0. The van der Waals surface area contributed by atoms with E-state index in [-0.39, 0.29) is 12.5 Å². The van der Waals surface area contributed by atoms with Gasteiger partial charge in [-0.05, 0) is 44.9 Å². The fraction of sp³-hybridized carbons (Fsp3) is 0.863. The van der Waals surface area contributed by atoms with E-state index in [9.17, 15) is 30.3 Å². The third-order valence-electron chi connectivity index (χ3n) is 11.9. The molecule has 0 aromatic heterocycles. The predicted octanol–water partition coefficient (Wildman–Crippen LogP) is 11.2. The first-order chi connectivity index (χ1) is 29.3. The van der Waals surface area contributed by atoms with Gasteiger partial charge in [0.15, 0.2) is 6.29 Å². The van der Waals surface area contributed by atoms with Crippen LogP contribution in [0.2, 0.25) is 0 Å². The fourth-order valence-corrected chi connectivity index (χ4v) is 7.89. The molecule has 7 unspecified atom stereocenters. The van der Waals surface area contributed by atoms with E-state index in [0.717, 1.165) is 51.4 Å². The highest BCUT2D eigenvalue weighted by molar-refractivity contribution is 5.76. The van der Waals surface area contributed by atoms with Gasteiger partial charge in [-0.3, -0.25) is 4.79 Å². The highest BCUT2D eigenvalue weighted by atomic mass is 16.7. The van der Waals surface area contributed by atoms with Crippen molar-refractivity contribution >= 4 is 5.91 Å². The van der Waals surface area contributed by atoms with Gasteiger partial charge in [0.05, 0.1) is 25.4 Å². The number of aliphatic hydroxyl groups excluding tert-OH is 5. The minimum Gasteiger partial charge on any atom is -0.394 e. The Morgan fingerprint density at radius 1 is 0.550 bits per heavy atom. The first kappa shape index (κ1) is 56.4. The fourth-order valence-electron chi connectivity index (χ4n) is 7.89. The van der Waals surface area contributed by atoms with Crippen LogP contribution in [0.5, 0.6) is 0 Å². The van der Waals surface area contributed by atoms with Crippen molar-refractivity contribution < 1.29 is 39.8 Å². The summed E-state index contributed by atoms with van der Waals surface area (Å²) in [6, 6.07) is -0.824. The molecule has 1 saturated heterocycles. The van der Waals surface area contributed by atoms with Gasteiger partial charge in [-0.25, -0.2) is 0 Å². The zero-order valence-corrected chi connectivity index (χ0v) is 38.7. The van der Waals surface area contributed by atoms with Crippen molar-refractivity contribution in [1.29, 1.82) is 0 Å². The van der Waals surface area contributed by atoms with E-state index in [1.165, 1.54) is 154 Å². The Hall–Kier alpha value is -1.59. The summed E-state index contributed by atoms with van der Waals surface area (Å²) < 4.78 is 11.2. The largest absolute Gasteiger partial charge is 0.394 e. The smallest absolute Gasteiger partial charge is 0.220 e. The van der Waals surface area contributed by atoms with E-state index in [0.29, 0.717) is 6.42 Å². The van der Waals surface area contributed by atoms with Gasteiger partial charge in [-0.2, -0.15) is 0 Å². The van der Waals surface area contributed by atoms with Gasteiger partial charge >= 0.3 is 0 Å². The standard InChI is InChI=1S/C51H95NO8/c1-3-5-7-9-11-13-15-17-18-19-20-21-22-23-24-25-26-27-29-31-33-35-37-39-41-47(55)52-44(43-59-51-50(58)49(57)48(56)46(42-53)60-51)45(54)40-38-36-34-32-30-28-16-14-12-10-8-6-4-2/h12,14,30,32,38,40,44-46,48-51,53-54,56-58H,3-11,13,15-29,31,33-37,39,41-43H2,1-2H3,(H,52,55)/b14-12+,32-30+,40-38+. The molecule has 352 valence electrons. The molecule has 0 aromatic rings. The molecule has 1 heterocycles. The number of carbonyl (C=O) groups is 1. The Morgan fingerprint density at radius 2 is 0.950 bits per heavy atom. The molecule has 0 aromatic carbocycles. The molecule has 1 rings (SSSR count). The molecule has 0 bridgehead atoms. The van der Waals surface area contributed by atoms with Gasteiger partial charge < -0.3 is 40.3 Å². The zero-order valence-electron chi connectivity index (χ0n) is 38.7. The van der Waals surface area contributed by atoms with E-state index in [2.05, 4.69) is 43.5 Å². The molecule has 9 heteroatoms. The molecule has 1 aliphatic heterocycles. The van der Waals surface area contributed by atoms with Crippen LogP contribution in [0.15, 0.2) is 36.5 Å². The van der Waals surface area contributed by atoms with Gasteiger partial charge in [0.1, 0.15) is 24.4 Å². The quantitative estimate of drug-likeness (QED) is 0.0263. The van der Waals surface area contributed by atoms with Crippen LogP contribution >= 0.6 is 0 Å². The Balaban J connectivity index is 2.25. The molecule has 1 amide bonds. The van der Waals surface area contributed by atoms with Gasteiger partial charge in [-0.15, -0.1) is 0 Å². The maximum Gasteiger partial charge on any atom is 0.220 e. The van der Waals surface area contributed by atoms with Crippen molar-refractivity contribution in [2.45, 2.75) is 269 Å². The Kier molecular flexibility index (Phi) is 39.0. The van der Waals surface area contributed by atoms with Crippen LogP contribution in [0.3, 0.4) is 0 Å². The Labute approximate surface area is 368 Å². The Morgan fingerprint density at radius 3 is 1.40 bits per heavy atom. The molecule has 0 saturated carbocycles. The molecule has 60 heavy (non-hydrogen) atoms. The maximum atomic E-state index is 13.0. The number of unbranched alkanes of at least 4 members (excludes halogenated alkanes) is 28. The number of rotatable bonds is 42. The maximum absolute atomic E-state index is 13.0. The van der Waals surface area contributed by atoms with Gasteiger partial charge in [0.2, 0.25) is 5.91 Å². The van der Waals surface area contributed by atoms with Gasteiger partial charge in [0.25, 0.3) is 0 Å². The summed E-state index contributed by atoms with van der Waals surface area (Å²) in [6.07, 6.45) is 44.9. The third-order valence-corrected chi connectivity index (χ3v) is 11.9. The van der Waals surface area contributed by atoms with Crippen LogP contribution in [0, 0.1) is 0 Å². The molecular weight excluding hydrogens is 755 g/mol. The normalized spacial score (nSPS) is 20.8. The van der Waals surface area contributed by atoms with Crippen molar-refractivity contribution in [3.05, 3.63) is 36.5 Å². The summed E-state index contributed by atoms with van der Waals surface area (Å²) in [5, 5.41) is 54.2. The van der Waals surface area contributed by atoms with Crippen molar-refractivity contribution in [3.8, 4) is 0 Å². The summed E-state index contributed by atoms with van der Waals surface area (Å²) in [5.74, 6) is -0.189. The lowest BCUT2D eigenvalue weighted by molar-refractivity contribution is -0.302. The number of nitrogens with one attached hydrogen (secondary N) is 1. The minimum absolute atomic E-state index is 0.189.